The SMILES string of the molecule is Cc1ccc(NC(=O)CN(c2cccc(Br)c2)S(C)(=O)=O)cc1Cl. The molecule has 2 rings (SSSR count). The third-order valence-corrected chi connectivity index (χ3v) is 5.28. The predicted octanol–water partition coefficient (Wildman–Crippen LogP) is 3.82. The molecule has 0 bridgehead atoms. The van der Waals surface area contributed by atoms with Crippen LogP contribution in [0.3, 0.4) is 0 Å². The molecule has 0 atom stereocenters. The highest BCUT2D eigenvalue weighted by molar-refractivity contribution is 9.10. The van der Waals surface area contributed by atoms with Crippen molar-refractivity contribution in [2.45, 2.75) is 6.92 Å². The quantitative estimate of drug-likeness (QED) is 0.783. The lowest BCUT2D eigenvalue weighted by molar-refractivity contribution is -0.114. The Morgan fingerprint density at radius 3 is 2.54 bits per heavy atom. The molecule has 0 saturated carbocycles. The number of nitrogens with zero attached hydrogens (tertiary/aromatic N) is 1. The number of carbonyl (C=O) groups is 1. The predicted molar refractivity (Wildman–Crippen MR) is 101 cm³/mol. The second-order valence-corrected chi connectivity index (χ2v) is 8.49. The maximum atomic E-state index is 12.3. The maximum absolute atomic E-state index is 12.3. The average Bonchev–Trinajstić information content (AvgIpc) is 2.47. The van der Waals surface area contributed by atoms with Crippen molar-refractivity contribution in [1.82, 2.24) is 0 Å². The first-order chi connectivity index (χ1) is 11.2. The van der Waals surface area contributed by atoms with E-state index in [9.17, 15) is 13.2 Å². The van der Waals surface area contributed by atoms with Gasteiger partial charge in [0.2, 0.25) is 15.9 Å². The number of benzene rings is 2. The minimum Gasteiger partial charge on any atom is -0.324 e. The Morgan fingerprint density at radius 1 is 1.25 bits per heavy atom. The van der Waals surface area contributed by atoms with Gasteiger partial charge in [-0.3, -0.25) is 9.10 Å². The number of amides is 1. The van der Waals surface area contributed by atoms with E-state index in [-0.39, 0.29) is 6.54 Å². The third kappa shape index (κ3) is 4.96. The first-order valence-corrected chi connectivity index (χ1v) is 9.98. The summed E-state index contributed by atoms with van der Waals surface area (Å²) < 4.78 is 25.8. The topological polar surface area (TPSA) is 66.5 Å². The molecule has 0 spiro atoms. The molecule has 1 amide bonds. The van der Waals surface area contributed by atoms with Gasteiger partial charge in [-0.2, -0.15) is 0 Å². The summed E-state index contributed by atoms with van der Waals surface area (Å²) in [6.45, 7) is 1.52. The van der Waals surface area contributed by atoms with E-state index in [0.29, 0.717) is 16.4 Å². The fraction of sp³-hybridized carbons (Fsp3) is 0.188. The van der Waals surface area contributed by atoms with Crippen LogP contribution in [0.25, 0.3) is 0 Å². The Labute approximate surface area is 154 Å². The molecule has 0 aliphatic rings. The van der Waals surface area contributed by atoms with Crippen LogP contribution in [-0.4, -0.2) is 27.1 Å². The van der Waals surface area contributed by atoms with Crippen LogP contribution < -0.4 is 9.62 Å². The van der Waals surface area contributed by atoms with Gasteiger partial charge in [0, 0.05) is 15.2 Å². The van der Waals surface area contributed by atoms with Crippen molar-refractivity contribution in [3.05, 3.63) is 57.5 Å². The van der Waals surface area contributed by atoms with E-state index >= 15 is 0 Å². The molecule has 24 heavy (non-hydrogen) atoms. The summed E-state index contributed by atoms with van der Waals surface area (Å²) in [4.78, 5) is 12.3. The number of hydrogen-bond acceptors (Lipinski definition) is 3. The van der Waals surface area contributed by atoms with Crippen LogP contribution in [0.5, 0.6) is 0 Å². The molecule has 0 unspecified atom stereocenters. The minimum atomic E-state index is -3.61. The summed E-state index contributed by atoms with van der Waals surface area (Å²) in [6, 6.07) is 11.9. The summed E-state index contributed by atoms with van der Waals surface area (Å²) >= 11 is 9.32. The molecule has 2 aromatic rings. The number of aryl methyl sites for hydroxylation is 1. The van der Waals surface area contributed by atoms with E-state index in [1.54, 1.807) is 42.5 Å². The molecule has 0 aliphatic heterocycles. The molecule has 0 heterocycles. The van der Waals surface area contributed by atoms with E-state index in [2.05, 4.69) is 21.2 Å². The van der Waals surface area contributed by atoms with E-state index in [4.69, 9.17) is 11.6 Å². The van der Waals surface area contributed by atoms with Crippen molar-refractivity contribution in [3.8, 4) is 0 Å². The number of hydrogen-bond donors (Lipinski definition) is 1. The van der Waals surface area contributed by atoms with Crippen LogP contribution in [0.1, 0.15) is 5.56 Å². The Hall–Kier alpha value is -1.57. The molecule has 0 fully saturated rings. The Kier molecular flexibility index (Phi) is 5.90. The van der Waals surface area contributed by atoms with Crippen LogP contribution in [-0.2, 0) is 14.8 Å². The number of nitrogens with one attached hydrogen (secondary N) is 1. The summed E-state index contributed by atoms with van der Waals surface area (Å²) in [5.74, 6) is -0.458. The van der Waals surface area contributed by atoms with E-state index < -0.39 is 15.9 Å². The largest absolute Gasteiger partial charge is 0.324 e. The fourth-order valence-electron chi connectivity index (χ4n) is 2.03. The highest BCUT2D eigenvalue weighted by Crippen LogP contribution is 2.23. The summed E-state index contributed by atoms with van der Waals surface area (Å²) in [6.07, 6.45) is 1.06. The van der Waals surface area contributed by atoms with Gasteiger partial charge in [0.05, 0.1) is 11.9 Å². The minimum absolute atomic E-state index is 0.333. The summed E-state index contributed by atoms with van der Waals surface area (Å²) in [5, 5.41) is 3.18. The molecule has 5 nitrogen and oxygen atoms in total. The number of sulfonamides is 1. The number of anilines is 2. The lowest BCUT2D eigenvalue weighted by Crippen LogP contribution is -2.37. The third-order valence-electron chi connectivity index (χ3n) is 3.24. The second-order valence-electron chi connectivity index (χ2n) is 5.26. The van der Waals surface area contributed by atoms with Gasteiger partial charge < -0.3 is 5.32 Å². The van der Waals surface area contributed by atoms with Crippen LogP contribution in [0.2, 0.25) is 5.02 Å². The molecule has 0 aromatic heterocycles. The Balaban J connectivity index is 2.20. The normalized spacial score (nSPS) is 11.2. The Morgan fingerprint density at radius 2 is 1.96 bits per heavy atom. The van der Waals surface area contributed by atoms with Crippen molar-refractivity contribution < 1.29 is 13.2 Å². The fourth-order valence-corrected chi connectivity index (χ4v) is 3.45. The number of halogens is 2. The zero-order valence-electron chi connectivity index (χ0n) is 13.1. The maximum Gasteiger partial charge on any atom is 0.245 e. The van der Waals surface area contributed by atoms with Crippen molar-refractivity contribution in [2.24, 2.45) is 0 Å². The zero-order chi connectivity index (χ0) is 17.9. The van der Waals surface area contributed by atoms with Gasteiger partial charge in [-0.25, -0.2) is 8.42 Å². The van der Waals surface area contributed by atoms with Crippen LogP contribution >= 0.6 is 27.5 Å². The van der Waals surface area contributed by atoms with Gasteiger partial charge in [0.15, 0.2) is 0 Å². The lowest BCUT2D eigenvalue weighted by atomic mass is 10.2. The Bertz CT molecular complexity index is 871. The van der Waals surface area contributed by atoms with Gasteiger partial charge in [-0.15, -0.1) is 0 Å². The van der Waals surface area contributed by atoms with Gasteiger partial charge >= 0.3 is 0 Å². The standard InChI is InChI=1S/C16H16BrClN2O3S/c1-11-6-7-13(9-15(11)18)19-16(21)10-20(24(2,22)23)14-5-3-4-12(17)8-14/h3-9H,10H2,1-2H3,(H,19,21). The van der Waals surface area contributed by atoms with Gasteiger partial charge in [0.25, 0.3) is 0 Å². The number of carbonyl (C=O) groups excluding carboxylic acids is 1. The monoisotopic (exact) mass is 430 g/mol. The molecular weight excluding hydrogens is 416 g/mol. The molecule has 1 N–H and O–H groups in total. The summed E-state index contributed by atoms with van der Waals surface area (Å²) in [5.41, 5.74) is 1.81. The van der Waals surface area contributed by atoms with E-state index in [1.165, 1.54) is 0 Å². The summed E-state index contributed by atoms with van der Waals surface area (Å²) in [7, 11) is -3.61. The van der Waals surface area contributed by atoms with Crippen molar-refractivity contribution in [1.29, 1.82) is 0 Å². The smallest absolute Gasteiger partial charge is 0.245 e. The molecule has 0 radical (unpaired) electrons. The van der Waals surface area contributed by atoms with Crippen molar-refractivity contribution in [2.75, 3.05) is 22.4 Å². The average molecular weight is 432 g/mol. The first-order valence-electron chi connectivity index (χ1n) is 6.96. The van der Waals surface area contributed by atoms with Crippen LogP contribution in [0.4, 0.5) is 11.4 Å². The highest BCUT2D eigenvalue weighted by atomic mass is 79.9. The van der Waals surface area contributed by atoms with Gasteiger partial charge in [-0.1, -0.05) is 39.7 Å². The van der Waals surface area contributed by atoms with Crippen LogP contribution in [0, 0.1) is 6.92 Å². The molecular formula is C16H16BrClN2O3S. The number of rotatable bonds is 5. The highest BCUT2D eigenvalue weighted by Gasteiger charge is 2.21. The van der Waals surface area contributed by atoms with E-state index in [0.717, 1.165) is 20.6 Å². The van der Waals surface area contributed by atoms with Crippen molar-refractivity contribution in [3.63, 3.8) is 0 Å². The first kappa shape index (κ1) is 18.8. The molecule has 8 heteroatoms. The molecule has 0 aliphatic carbocycles. The van der Waals surface area contributed by atoms with Gasteiger partial charge in [-0.05, 0) is 42.8 Å². The van der Waals surface area contributed by atoms with Crippen molar-refractivity contribution >= 4 is 54.8 Å². The molecule has 128 valence electrons. The van der Waals surface area contributed by atoms with E-state index in [1.807, 2.05) is 6.92 Å². The van der Waals surface area contributed by atoms with Crippen LogP contribution in [0.15, 0.2) is 46.9 Å². The second kappa shape index (κ2) is 7.55. The molecule has 0 saturated heterocycles. The zero-order valence-corrected chi connectivity index (χ0v) is 16.2. The lowest BCUT2D eigenvalue weighted by Gasteiger charge is -2.22. The van der Waals surface area contributed by atoms with Gasteiger partial charge in [0.1, 0.15) is 6.54 Å². The molecule has 2 aromatic carbocycles.